The minimum Gasteiger partial charge on any atom is -0.383 e. The standard InChI is InChI=1S/C17H29FN4O.HI/c1-19-17(20-10-4-12-22(2)13-14-23-3)21-11-9-15-5-7-16(18)8-6-15;/h5-8H,4,9-14H2,1-3H3,(H2,19,20,21);1H. The third kappa shape index (κ3) is 10.8. The largest absolute Gasteiger partial charge is 0.383 e. The van der Waals surface area contributed by atoms with Gasteiger partial charge in [-0.15, -0.1) is 24.0 Å². The zero-order valence-corrected chi connectivity index (χ0v) is 17.2. The average Bonchev–Trinajstić information content (AvgIpc) is 2.56. The first-order valence-electron chi connectivity index (χ1n) is 8.02. The quantitative estimate of drug-likeness (QED) is 0.247. The van der Waals surface area contributed by atoms with Gasteiger partial charge in [0.25, 0.3) is 0 Å². The third-order valence-electron chi connectivity index (χ3n) is 3.53. The number of benzene rings is 1. The first-order chi connectivity index (χ1) is 11.2. The van der Waals surface area contributed by atoms with E-state index in [1.165, 1.54) is 12.1 Å². The van der Waals surface area contributed by atoms with Gasteiger partial charge >= 0.3 is 0 Å². The lowest BCUT2D eigenvalue weighted by atomic mass is 10.1. The molecule has 1 rings (SSSR count). The summed E-state index contributed by atoms with van der Waals surface area (Å²) in [6.07, 6.45) is 1.87. The molecule has 7 heteroatoms. The molecular weight excluding hydrogens is 422 g/mol. The predicted octanol–water partition coefficient (Wildman–Crippen LogP) is 2.12. The van der Waals surface area contributed by atoms with E-state index >= 15 is 0 Å². The van der Waals surface area contributed by atoms with Gasteiger partial charge in [-0.1, -0.05) is 12.1 Å². The third-order valence-corrected chi connectivity index (χ3v) is 3.53. The van der Waals surface area contributed by atoms with Crippen molar-refractivity contribution in [1.29, 1.82) is 0 Å². The minimum atomic E-state index is -0.199. The number of hydrogen-bond acceptors (Lipinski definition) is 3. The van der Waals surface area contributed by atoms with Gasteiger partial charge in [0.2, 0.25) is 0 Å². The van der Waals surface area contributed by atoms with Gasteiger partial charge < -0.3 is 20.3 Å². The number of methoxy groups -OCH3 is 1. The van der Waals surface area contributed by atoms with Crippen molar-refractivity contribution in [2.75, 3.05) is 54.0 Å². The Bertz CT molecular complexity index is 456. The summed E-state index contributed by atoms with van der Waals surface area (Å²) in [7, 11) is 5.57. The number of rotatable bonds is 10. The monoisotopic (exact) mass is 452 g/mol. The van der Waals surface area contributed by atoms with Crippen LogP contribution in [0.5, 0.6) is 0 Å². The van der Waals surface area contributed by atoms with E-state index in [4.69, 9.17) is 4.74 Å². The number of hydrogen-bond donors (Lipinski definition) is 2. The summed E-state index contributed by atoms with van der Waals surface area (Å²) in [6, 6.07) is 6.59. The van der Waals surface area contributed by atoms with Gasteiger partial charge in [0.15, 0.2) is 5.96 Å². The molecule has 0 aromatic heterocycles. The van der Waals surface area contributed by atoms with E-state index in [0.717, 1.165) is 57.2 Å². The van der Waals surface area contributed by atoms with Crippen molar-refractivity contribution in [1.82, 2.24) is 15.5 Å². The second kappa shape index (κ2) is 14.4. The summed E-state index contributed by atoms with van der Waals surface area (Å²) in [5.41, 5.74) is 1.11. The van der Waals surface area contributed by atoms with Crippen LogP contribution in [0.3, 0.4) is 0 Å². The summed E-state index contributed by atoms with van der Waals surface area (Å²) >= 11 is 0. The van der Waals surface area contributed by atoms with Gasteiger partial charge in [-0.3, -0.25) is 4.99 Å². The topological polar surface area (TPSA) is 48.9 Å². The lowest BCUT2D eigenvalue weighted by molar-refractivity contribution is 0.161. The highest BCUT2D eigenvalue weighted by Gasteiger charge is 2.00. The summed E-state index contributed by atoms with van der Waals surface area (Å²) in [4.78, 5) is 6.45. The molecule has 1 aromatic rings. The van der Waals surface area contributed by atoms with Crippen molar-refractivity contribution in [2.24, 2.45) is 4.99 Å². The van der Waals surface area contributed by atoms with Crippen LogP contribution in [-0.4, -0.2) is 64.9 Å². The van der Waals surface area contributed by atoms with Gasteiger partial charge in [-0.25, -0.2) is 4.39 Å². The molecule has 0 unspecified atom stereocenters. The Kier molecular flexibility index (Phi) is 13.9. The highest BCUT2D eigenvalue weighted by molar-refractivity contribution is 14.0. The number of likely N-dealkylation sites (N-methyl/N-ethyl adjacent to an activating group) is 1. The molecule has 0 bridgehead atoms. The van der Waals surface area contributed by atoms with Crippen LogP contribution >= 0.6 is 24.0 Å². The SMILES string of the molecule is CN=C(NCCCN(C)CCOC)NCCc1ccc(F)cc1.I. The molecule has 2 N–H and O–H groups in total. The highest BCUT2D eigenvalue weighted by atomic mass is 127. The number of halogens is 2. The first-order valence-corrected chi connectivity index (χ1v) is 8.02. The van der Waals surface area contributed by atoms with Crippen molar-refractivity contribution in [3.63, 3.8) is 0 Å². The molecule has 138 valence electrons. The molecule has 24 heavy (non-hydrogen) atoms. The second-order valence-corrected chi connectivity index (χ2v) is 5.45. The Balaban J connectivity index is 0.00000529. The number of nitrogens with one attached hydrogen (secondary N) is 2. The van der Waals surface area contributed by atoms with E-state index in [2.05, 4.69) is 27.6 Å². The minimum absolute atomic E-state index is 0. The second-order valence-electron chi connectivity index (χ2n) is 5.45. The Labute approximate surface area is 162 Å². The maximum atomic E-state index is 12.8. The zero-order valence-electron chi connectivity index (χ0n) is 14.8. The van der Waals surface area contributed by atoms with Crippen LogP contribution in [0.4, 0.5) is 4.39 Å². The van der Waals surface area contributed by atoms with Crippen LogP contribution in [0.2, 0.25) is 0 Å². The van der Waals surface area contributed by atoms with Crippen molar-refractivity contribution in [2.45, 2.75) is 12.8 Å². The van der Waals surface area contributed by atoms with Gasteiger partial charge in [-0.2, -0.15) is 0 Å². The van der Waals surface area contributed by atoms with Gasteiger partial charge in [-0.05, 0) is 44.1 Å². The van der Waals surface area contributed by atoms with Crippen molar-refractivity contribution >= 4 is 29.9 Å². The fourth-order valence-electron chi connectivity index (χ4n) is 2.11. The van der Waals surface area contributed by atoms with Gasteiger partial charge in [0.1, 0.15) is 5.82 Å². The Morgan fingerprint density at radius 2 is 1.83 bits per heavy atom. The normalized spacial score (nSPS) is 11.3. The van der Waals surface area contributed by atoms with Crippen molar-refractivity contribution in [3.8, 4) is 0 Å². The molecule has 0 aliphatic heterocycles. The van der Waals surface area contributed by atoms with Crippen LogP contribution < -0.4 is 10.6 Å². The number of aliphatic imine (C=N–C) groups is 1. The fourth-order valence-corrected chi connectivity index (χ4v) is 2.11. The van der Waals surface area contributed by atoms with Crippen LogP contribution in [0.15, 0.2) is 29.3 Å². The van der Waals surface area contributed by atoms with Crippen molar-refractivity contribution < 1.29 is 9.13 Å². The molecule has 0 radical (unpaired) electrons. The molecule has 0 aliphatic rings. The summed E-state index contributed by atoms with van der Waals surface area (Å²) < 4.78 is 17.9. The lowest BCUT2D eigenvalue weighted by Gasteiger charge is -2.17. The predicted molar refractivity (Wildman–Crippen MR) is 109 cm³/mol. The molecule has 0 amide bonds. The summed E-state index contributed by atoms with van der Waals surface area (Å²) in [6.45, 7) is 4.35. The first kappa shape index (κ1) is 23.1. The Morgan fingerprint density at radius 1 is 1.17 bits per heavy atom. The molecule has 1 aromatic carbocycles. The van der Waals surface area contributed by atoms with E-state index in [1.807, 2.05) is 12.1 Å². The average molecular weight is 452 g/mol. The molecule has 0 spiro atoms. The molecule has 0 atom stereocenters. The Morgan fingerprint density at radius 3 is 2.46 bits per heavy atom. The fraction of sp³-hybridized carbons (Fsp3) is 0.588. The molecule has 0 saturated heterocycles. The van der Waals surface area contributed by atoms with E-state index in [-0.39, 0.29) is 29.8 Å². The summed E-state index contributed by atoms with van der Waals surface area (Å²) in [5, 5.41) is 6.56. The van der Waals surface area contributed by atoms with Gasteiger partial charge in [0.05, 0.1) is 6.61 Å². The smallest absolute Gasteiger partial charge is 0.190 e. The molecule has 0 heterocycles. The molecular formula is C17H30FIN4O. The van der Waals surface area contributed by atoms with E-state index < -0.39 is 0 Å². The highest BCUT2D eigenvalue weighted by Crippen LogP contribution is 2.02. The molecule has 5 nitrogen and oxygen atoms in total. The zero-order chi connectivity index (χ0) is 16.9. The van der Waals surface area contributed by atoms with E-state index in [9.17, 15) is 4.39 Å². The maximum absolute atomic E-state index is 12.8. The van der Waals surface area contributed by atoms with Crippen LogP contribution in [-0.2, 0) is 11.2 Å². The van der Waals surface area contributed by atoms with Crippen LogP contribution in [0, 0.1) is 5.82 Å². The summed E-state index contributed by atoms with van der Waals surface area (Å²) in [5.74, 6) is 0.598. The van der Waals surface area contributed by atoms with E-state index in [0.29, 0.717) is 0 Å². The van der Waals surface area contributed by atoms with Crippen LogP contribution in [0.1, 0.15) is 12.0 Å². The number of ether oxygens (including phenoxy) is 1. The van der Waals surface area contributed by atoms with Crippen molar-refractivity contribution in [3.05, 3.63) is 35.6 Å². The molecule has 0 aliphatic carbocycles. The molecule has 0 fully saturated rings. The van der Waals surface area contributed by atoms with Gasteiger partial charge in [0, 0.05) is 33.8 Å². The number of guanidine groups is 1. The van der Waals surface area contributed by atoms with Crippen LogP contribution in [0.25, 0.3) is 0 Å². The van der Waals surface area contributed by atoms with E-state index in [1.54, 1.807) is 14.2 Å². The number of nitrogens with zero attached hydrogens (tertiary/aromatic N) is 2. The lowest BCUT2D eigenvalue weighted by Crippen LogP contribution is -2.39. The Hall–Kier alpha value is -0.930. The maximum Gasteiger partial charge on any atom is 0.190 e. The molecule has 0 saturated carbocycles.